The number of hydrogen-bond donors (Lipinski definition) is 8. The van der Waals surface area contributed by atoms with E-state index >= 15 is 0 Å². The molecule has 0 heterocycles. The van der Waals surface area contributed by atoms with E-state index in [0.717, 1.165) is 60.7 Å². The molecule has 6 aromatic rings. The summed E-state index contributed by atoms with van der Waals surface area (Å²) in [5.74, 6) is -1.73. The predicted molar refractivity (Wildman–Crippen MR) is 209 cm³/mol. The summed E-state index contributed by atoms with van der Waals surface area (Å²) in [6.45, 7) is 0. The molecule has 0 saturated heterocycles. The third-order valence-corrected chi connectivity index (χ3v) is 11.9. The van der Waals surface area contributed by atoms with Crippen LogP contribution in [0.15, 0.2) is 129 Å². The minimum atomic E-state index is -4.96. The van der Waals surface area contributed by atoms with Crippen molar-refractivity contribution in [1.29, 1.82) is 0 Å². The van der Waals surface area contributed by atoms with E-state index in [1.54, 1.807) is 0 Å². The van der Waals surface area contributed by atoms with Gasteiger partial charge in [-0.2, -0.15) is 33.7 Å². The largest absolute Gasteiger partial charge is 0.323 e. The van der Waals surface area contributed by atoms with E-state index < -0.39 is 88.7 Å². The van der Waals surface area contributed by atoms with Crippen LogP contribution in [-0.4, -0.2) is 69.7 Å². The Balaban J connectivity index is 1.20. The zero-order chi connectivity index (χ0) is 42.4. The molecule has 0 fully saturated rings. The van der Waals surface area contributed by atoms with Gasteiger partial charge in [-0.1, -0.05) is 36.4 Å². The number of carbonyl (C=O) groups is 3. The SMILES string of the molecule is O=C(Nc1cccc(C(=O)Nc2ccc(S(=O)(=O)O)c3cccc(S(=O)(=O)O)c23)c1)Nc1cccc(C(=O)Nc2ccc(S(=O)(=O)O)c3cccc(S(=O)(=O)O)c23)c1. The molecule has 58 heavy (non-hydrogen) atoms. The van der Waals surface area contributed by atoms with Gasteiger partial charge in [-0.15, -0.1) is 0 Å². The average Bonchev–Trinajstić information content (AvgIpc) is 3.13. The minimum Gasteiger partial charge on any atom is -0.321 e. The second-order valence-corrected chi connectivity index (χ2v) is 17.7. The molecule has 19 nitrogen and oxygen atoms in total. The molecule has 23 heteroatoms. The van der Waals surface area contributed by atoms with Crippen LogP contribution in [0.4, 0.5) is 27.5 Å². The van der Waals surface area contributed by atoms with Gasteiger partial charge in [0.1, 0.15) is 19.6 Å². The number of nitrogens with one attached hydrogen (secondary N) is 4. The molecule has 0 aromatic heterocycles. The number of hydrogen-bond acceptors (Lipinski definition) is 11. The molecule has 0 bridgehead atoms. The Morgan fingerprint density at radius 1 is 0.397 bits per heavy atom. The van der Waals surface area contributed by atoms with Gasteiger partial charge in [0.25, 0.3) is 52.3 Å². The van der Waals surface area contributed by atoms with Gasteiger partial charge in [-0.05, 0) is 72.8 Å². The van der Waals surface area contributed by atoms with Crippen molar-refractivity contribution < 1.29 is 66.3 Å². The van der Waals surface area contributed by atoms with Crippen LogP contribution < -0.4 is 21.3 Å². The predicted octanol–water partition coefficient (Wildman–Crippen LogP) is 5.13. The number of carbonyl (C=O) groups excluding carboxylic acids is 3. The van der Waals surface area contributed by atoms with Crippen LogP contribution in [-0.2, 0) is 40.5 Å². The first-order valence-corrected chi connectivity index (χ1v) is 21.7. The molecule has 0 aliphatic heterocycles. The molecule has 6 rings (SSSR count). The van der Waals surface area contributed by atoms with E-state index in [9.17, 15) is 66.3 Å². The molecule has 0 spiro atoms. The molecule has 0 saturated carbocycles. The van der Waals surface area contributed by atoms with Crippen molar-refractivity contribution in [3.8, 4) is 0 Å². The van der Waals surface area contributed by atoms with E-state index in [0.29, 0.717) is 0 Å². The molecule has 0 radical (unpaired) electrons. The Morgan fingerprint density at radius 3 is 1.09 bits per heavy atom. The fraction of sp³-hybridized carbons (Fsp3) is 0. The van der Waals surface area contributed by atoms with Crippen molar-refractivity contribution in [2.45, 2.75) is 19.6 Å². The topological polar surface area (TPSA) is 317 Å². The Kier molecular flexibility index (Phi) is 10.8. The summed E-state index contributed by atoms with van der Waals surface area (Å²) in [7, 11) is -19.7. The summed E-state index contributed by atoms with van der Waals surface area (Å²) < 4.78 is 136. The van der Waals surface area contributed by atoms with Crippen molar-refractivity contribution in [3.63, 3.8) is 0 Å². The zero-order valence-electron chi connectivity index (χ0n) is 28.8. The second-order valence-electron chi connectivity index (χ2n) is 12.1. The number of amides is 4. The lowest BCUT2D eigenvalue weighted by molar-refractivity contribution is 0.101. The molecule has 0 aliphatic carbocycles. The first-order chi connectivity index (χ1) is 27.0. The number of rotatable bonds is 10. The Hall–Kier alpha value is -6.31. The number of fused-ring (bicyclic) bond motifs is 2. The molecule has 0 unspecified atom stereocenters. The highest BCUT2D eigenvalue weighted by molar-refractivity contribution is 7.87. The first kappa shape index (κ1) is 41.3. The summed E-state index contributed by atoms with van der Waals surface area (Å²) >= 11 is 0. The van der Waals surface area contributed by atoms with E-state index in [2.05, 4.69) is 21.3 Å². The van der Waals surface area contributed by atoms with Crippen molar-refractivity contribution in [2.75, 3.05) is 21.3 Å². The zero-order valence-corrected chi connectivity index (χ0v) is 32.1. The Bertz CT molecular complexity index is 2980. The molecular formula is C35H26N4O15S4. The monoisotopic (exact) mass is 870 g/mol. The van der Waals surface area contributed by atoms with Crippen molar-refractivity contribution in [1.82, 2.24) is 0 Å². The van der Waals surface area contributed by atoms with E-state index in [1.165, 1.54) is 48.5 Å². The van der Waals surface area contributed by atoms with E-state index in [-0.39, 0.29) is 44.6 Å². The Labute approximate surface area is 328 Å². The van der Waals surface area contributed by atoms with Crippen molar-refractivity contribution >= 4 is 103 Å². The number of benzene rings is 6. The lowest BCUT2D eigenvalue weighted by Gasteiger charge is -2.15. The third kappa shape index (κ3) is 8.80. The van der Waals surface area contributed by atoms with Crippen molar-refractivity contribution in [3.05, 3.63) is 120 Å². The van der Waals surface area contributed by atoms with Gasteiger partial charge in [0.05, 0.1) is 11.4 Å². The quantitative estimate of drug-likeness (QED) is 0.0828. The second kappa shape index (κ2) is 15.2. The van der Waals surface area contributed by atoms with Crippen LogP contribution in [0.5, 0.6) is 0 Å². The lowest BCUT2D eigenvalue weighted by Crippen LogP contribution is -2.20. The smallest absolute Gasteiger partial charge is 0.321 e. The highest BCUT2D eigenvalue weighted by Gasteiger charge is 2.25. The fourth-order valence-corrected chi connectivity index (χ4v) is 8.77. The van der Waals surface area contributed by atoms with Gasteiger partial charge in [-0.25, -0.2) is 4.79 Å². The highest BCUT2D eigenvalue weighted by atomic mass is 32.2. The third-order valence-electron chi connectivity index (χ3n) is 8.30. The first-order valence-electron chi connectivity index (χ1n) is 15.9. The molecule has 4 amide bonds. The van der Waals surface area contributed by atoms with Gasteiger partial charge in [0.15, 0.2) is 0 Å². The van der Waals surface area contributed by atoms with Crippen LogP contribution in [0.25, 0.3) is 21.5 Å². The summed E-state index contributed by atoms with van der Waals surface area (Å²) in [5.41, 5.74) is -0.520. The van der Waals surface area contributed by atoms with Gasteiger partial charge >= 0.3 is 6.03 Å². The van der Waals surface area contributed by atoms with Crippen LogP contribution in [0, 0.1) is 0 Å². The maximum Gasteiger partial charge on any atom is 0.323 e. The van der Waals surface area contributed by atoms with Crippen LogP contribution in [0.1, 0.15) is 20.7 Å². The van der Waals surface area contributed by atoms with Gasteiger partial charge in [0.2, 0.25) is 0 Å². The maximum atomic E-state index is 13.3. The number of anilines is 4. The fourth-order valence-electron chi connectivity index (χ4n) is 5.94. The molecule has 300 valence electrons. The average molecular weight is 871 g/mol. The van der Waals surface area contributed by atoms with Crippen LogP contribution in [0.3, 0.4) is 0 Å². The lowest BCUT2D eigenvalue weighted by atomic mass is 10.1. The molecular weight excluding hydrogens is 845 g/mol. The van der Waals surface area contributed by atoms with Gasteiger partial charge in [-0.3, -0.25) is 27.8 Å². The summed E-state index contributed by atoms with van der Waals surface area (Å²) in [5, 5.41) is 8.39. The number of urea groups is 1. The highest BCUT2D eigenvalue weighted by Crippen LogP contribution is 2.36. The van der Waals surface area contributed by atoms with E-state index in [1.807, 2.05) is 0 Å². The molecule has 6 aromatic carbocycles. The summed E-state index contributed by atoms with van der Waals surface area (Å²) in [6.07, 6.45) is 0. The minimum absolute atomic E-state index is 0.0686. The molecule has 8 N–H and O–H groups in total. The normalized spacial score (nSPS) is 12.2. The van der Waals surface area contributed by atoms with E-state index in [4.69, 9.17) is 0 Å². The molecule has 0 atom stereocenters. The standard InChI is InChI=1S/C35H26N4O15S4/c40-33(38-25-13-15-27(55(43,44)45)23-9-3-11-29(31(23)25)57(49,50)51)19-5-1-7-21(17-19)36-35(42)37-22-8-2-6-20(18-22)34(41)39-26-14-16-28(56(46,47)48)24-10-4-12-30(32(24)26)58(52,53)54/h1-18H,(H,38,40)(H,39,41)(H2,36,37,42)(H,43,44,45)(H,46,47,48)(H,49,50,51)(H,52,53,54). The maximum absolute atomic E-state index is 13.3. The summed E-state index contributed by atoms with van der Waals surface area (Å²) in [4.78, 5) is 36.7. The van der Waals surface area contributed by atoms with Gasteiger partial charge in [0, 0.05) is 44.0 Å². The summed E-state index contributed by atoms with van der Waals surface area (Å²) in [6, 6.07) is 20.2. The molecule has 0 aliphatic rings. The van der Waals surface area contributed by atoms with Crippen molar-refractivity contribution in [2.24, 2.45) is 0 Å². The Morgan fingerprint density at radius 2 is 0.741 bits per heavy atom. The van der Waals surface area contributed by atoms with Gasteiger partial charge < -0.3 is 21.3 Å². The van der Waals surface area contributed by atoms with Crippen LogP contribution >= 0.6 is 0 Å². The van der Waals surface area contributed by atoms with Crippen LogP contribution in [0.2, 0.25) is 0 Å².